The Hall–Kier alpha value is -1.66. The van der Waals surface area contributed by atoms with Crippen LogP contribution in [0.3, 0.4) is 0 Å². The van der Waals surface area contributed by atoms with Crippen LogP contribution in [0.2, 0.25) is 0 Å². The summed E-state index contributed by atoms with van der Waals surface area (Å²) in [5.41, 5.74) is 8.09. The van der Waals surface area contributed by atoms with Gasteiger partial charge in [-0.25, -0.2) is 4.68 Å². The van der Waals surface area contributed by atoms with Crippen LogP contribution < -0.4 is 5.73 Å². The summed E-state index contributed by atoms with van der Waals surface area (Å²) in [5.74, 6) is 0. The average Bonchev–Trinajstić information content (AvgIpc) is 2.83. The Labute approximate surface area is 104 Å². The van der Waals surface area contributed by atoms with Gasteiger partial charge < -0.3 is 5.73 Å². The molecule has 0 radical (unpaired) electrons. The van der Waals surface area contributed by atoms with E-state index in [2.05, 4.69) is 22.0 Å². The topological polar surface area (TPSA) is 74.6 Å². The van der Waals surface area contributed by atoms with Crippen LogP contribution >= 0.6 is 11.6 Å². The average molecular weight is 253 g/mol. The first kappa shape index (κ1) is 11.8. The van der Waals surface area contributed by atoms with E-state index in [0.29, 0.717) is 23.8 Å². The predicted octanol–water partition coefficient (Wildman–Crippen LogP) is 0.890. The second-order valence-electron chi connectivity index (χ2n) is 3.60. The molecule has 0 amide bonds. The van der Waals surface area contributed by atoms with E-state index in [-0.39, 0.29) is 0 Å². The molecule has 2 aromatic heterocycles. The lowest BCUT2D eigenvalue weighted by Crippen LogP contribution is -2.07. The molecule has 2 N–H and O–H groups in total. The molecular weight excluding hydrogens is 240 g/mol. The Morgan fingerprint density at radius 3 is 2.88 bits per heavy atom. The molecule has 0 aromatic carbocycles. The Bertz CT molecular complexity index is 541. The maximum absolute atomic E-state index is 5.80. The highest BCUT2D eigenvalue weighted by Gasteiger charge is 2.16. The highest BCUT2D eigenvalue weighted by atomic mass is 35.5. The van der Waals surface area contributed by atoms with Gasteiger partial charge in [-0.15, -0.1) is 5.10 Å². The van der Waals surface area contributed by atoms with Gasteiger partial charge in [0.1, 0.15) is 11.4 Å². The van der Waals surface area contributed by atoms with Gasteiger partial charge in [-0.05, 0) is 6.07 Å². The lowest BCUT2D eigenvalue weighted by atomic mass is 10.2. The second kappa shape index (κ2) is 4.68. The molecule has 0 saturated heterocycles. The molecule has 0 aliphatic heterocycles. The third kappa shape index (κ3) is 2.22. The third-order valence-corrected chi connectivity index (χ3v) is 2.50. The van der Waals surface area contributed by atoms with Crippen LogP contribution in [0.4, 0.5) is 0 Å². The molecule has 0 spiro atoms. The molecule has 2 heterocycles. The minimum Gasteiger partial charge on any atom is -0.325 e. The van der Waals surface area contributed by atoms with Crippen molar-refractivity contribution in [3.63, 3.8) is 0 Å². The Morgan fingerprint density at radius 2 is 2.35 bits per heavy atom. The molecule has 6 nitrogen and oxygen atoms in total. The first-order valence-electron chi connectivity index (χ1n) is 5.07. The van der Waals surface area contributed by atoms with Crippen LogP contribution in [0.5, 0.6) is 0 Å². The monoisotopic (exact) mass is 252 g/mol. The fourth-order valence-corrected chi connectivity index (χ4v) is 1.76. The quantitative estimate of drug-likeness (QED) is 0.877. The fraction of sp³-hybridized carbons (Fsp3) is 0.300. The second-order valence-corrected chi connectivity index (χ2v) is 4.14. The zero-order valence-corrected chi connectivity index (χ0v) is 10.2. The molecule has 0 fully saturated rings. The van der Waals surface area contributed by atoms with Crippen LogP contribution in [0.25, 0.3) is 11.4 Å². The van der Waals surface area contributed by atoms with Crippen molar-refractivity contribution in [3.05, 3.63) is 29.6 Å². The molecule has 0 bridgehead atoms. The van der Waals surface area contributed by atoms with Gasteiger partial charge >= 0.3 is 0 Å². The van der Waals surface area contributed by atoms with Crippen LogP contribution in [-0.4, -0.2) is 24.8 Å². The molecule has 0 saturated carbocycles. The first-order valence-corrected chi connectivity index (χ1v) is 5.45. The number of allylic oxidation sites excluding steroid dienone is 1. The van der Waals surface area contributed by atoms with Gasteiger partial charge in [0.05, 0.1) is 12.2 Å². The van der Waals surface area contributed by atoms with Gasteiger partial charge in [0, 0.05) is 24.8 Å². The van der Waals surface area contributed by atoms with Crippen molar-refractivity contribution >= 4 is 11.6 Å². The summed E-state index contributed by atoms with van der Waals surface area (Å²) in [6.07, 6.45) is 1.71. The number of aromatic nitrogens is 5. The fourth-order valence-electron chi connectivity index (χ4n) is 1.65. The van der Waals surface area contributed by atoms with E-state index in [9.17, 15) is 0 Å². The summed E-state index contributed by atoms with van der Waals surface area (Å²) < 4.78 is 3.42. The summed E-state index contributed by atoms with van der Waals surface area (Å²) in [4.78, 5) is 0. The molecule has 2 rings (SSSR count). The lowest BCUT2D eigenvalue weighted by Gasteiger charge is -2.06. The zero-order chi connectivity index (χ0) is 12.4. The SMILES string of the molecule is C=C(Cl)Cn1nnc(CN)c1-c1ccnn1C. The Kier molecular flexibility index (Phi) is 3.26. The molecule has 0 atom stereocenters. The summed E-state index contributed by atoms with van der Waals surface area (Å²) in [6.45, 7) is 4.37. The number of nitrogens with zero attached hydrogens (tertiary/aromatic N) is 5. The van der Waals surface area contributed by atoms with Crippen molar-refractivity contribution in [1.29, 1.82) is 0 Å². The maximum atomic E-state index is 5.80. The van der Waals surface area contributed by atoms with E-state index >= 15 is 0 Å². The molecule has 7 heteroatoms. The van der Waals surface area contributed by atoms with E-state index in [4.69, 9.17) is 17.3 Å². The largest absolute Gasteiger partial charge is 0.325 e. The Morgan fingerprint density at radius 1 is 1.59 bits per heavy atom. The number of aryl methyl sites for hydroxylation is 1. The van der Waals surface area contributed by atoms with Crippen LogP contribution in [0.15, 0.2) is 23.9 Å². The van der Waals surface area contributed by atoms with Gasteiger partial charge in [-0.1, -0.05) is 23.4 Å². The van der Waals surface area contributed by atoms with Crippen molar-refractivity contribution in [2.45, 2.75) is 13.1 Å². The van der Waals surface area contributed by atoms with E-state index in [1.807, 2.05) is 13.1 Å². The van der Waals surface area contributed by atoms with Gasteiger partial charge in [-0.2, -0.15) is 5.10 Å². The van der Waals surface area contributed by atoms with E-state index in [1.54, 1.807) is 15.6 Å². The van der Waals surface area contributed by atoms with Gasteiger partial charge in [0.2, 0.25) is 0 Å². The van der Waals surface area contributed by atoms with Crippen molar-refractivity contribution in [2.75, 3.05) is 0 Å². The molecule has 2 aromatic rings. The van der Waals surface area contributed by atoms with Gasteiger partial charge in [0.25, 0.3) is 0 Å². The van der Waals surface area contributed by atoms with Crippen molar-refractivity contribution in [3.8, 4) is 11.4 Å². The highest BCUT2D eigenvalue weighted by molar-refractivity contribution is 6.29. The smallest absolute Gasteiger partial charge is 0.112 e. The van der Waals surface area contributed by atoms with Gasteiger partial charge in [0.15, 0.2) is 0 Å². The predicted molar refractivity (Wildman–Crippen MR) is 65.1 cm³/mol. The maximum Gasteiger partial charge on any atom is 0.112 e. The van der Waals surface area contributed by atoms with Crippen molar-refractivity contribution < 1.29 is 0 Å². The third-order valence-electron chi connectivity index (χ3n) is 2.38. The van der Waals surface area contributed by atoms with Crippen molar-refractivity contribution in [2.24, 2.45) is 12.8 Å². The molecule has 0 aliphatic carbocycles. The summed E-state index contributed by atoms with van der Waals surface area (Å²) in [7, 11) is 1.85. The number of halogens is 1. The molecule has 17 heavy (non-hydrogen) atoms. The number of hydrogen-bond donors (Lipinski definition) is 1. The molecule has 90 valence electrons. The summed E-state index contributed by atoms with van der Waals surface area (Å²) in [6, 6.07) is 1.88. The minimum atomic E-state index is 0.315. The molecule has 0 aliphatic rings. The minimum absolute atomic E-state index is 0.315. The van der Waals surface area contributed by atoms with Crippen molar-refractivity contribution in [1.82, 2.24) is 24.8 Å². The van der Waals surface area contributed by atoms with E-state index in [0.717, 1.165) is 11.4 Å². The van der Waals surface area contributed by atoms with Crippen LogP contribution in [-0.2, 0) is 20.1 Å². The zero-order valence-electron chi connectivity index (χ0n) is 9.47. The lowest BCUT2D eigenvalue weighted by molar-refractivity contribution is 0.655. The first-order chi connectivity index (χ1) is 8.13. The van der Waals surface area contributed by atoms with Gasteiger partial charge in [-0.3, -0.25) is 4.68 Å². The Balaban J connectivity index is 2.53. The number of rotatable bonds is 4. The highest BCUT2D eigenvalue weighted by Crippen LogP contribution is 2.22. The molecular formula is C10H13ClN6. The molecule has 0 unspecified atom stereocenters. The standard InChI is InChI=1S/C10H13ClN6/c1-7(11)6-17-10(8(5-12)14-15-17)9-3-4-13-16(9)2/h3-4H,1,5-6,12H2,2H3. The van der Waals surface area contributed by atoms with E-state index < -0.39 is 0 Å². The van der Waals surface area contributed by atoms with Crippen LogP contribution in [0.1, 0.15) is 5.69 Å². The number of nitrogens with two attached hydrogens (primary N) is 1. The normalized spacial score (nSPS) is 10.8. The summed E-state index contributed by atoms with van der Waals surface area (Å²) in [5, 5.41) is 12.7. The summed E-state index contributed by atoms with van der Waals surface area (Å²) >= 11 is 5.80. The van der Waals surface area contributed by atoms with E-state index in [1.165, 1.54) is 0 Å². The number of hydrogen-bond acceptors (Lipinski definition) is 4. The van der Waals surface area contributed by atoms with Crippen LogP contribution in [0, 0.1) is 0 Å².